The smallest absolute Gasteiger partial charge is 0.303 e. The number of hydrogen-bond acceptors (Lipinski definition) is 4. The Labute approximate surface area is 235 Å². The van der Waals surface area contributed by atoms with Crippen molar-refractivity contribution >= 4 is 23.7 Å². The number of benzene rings is 3. The lowest BCUT2D eigenvalue weighted by atomic mass is 9.98. The third-order valence-corrected chi connectivity index (χ3v) is 6.59. The monoisotopic (exact) mass is 543 g/mol. The number of aliphatic carboxylic acids is 1. The van der Waals surface area contributed by atoms with Crippen molar-refractivity contribution in [2.45, 2.75) is 58.0 Å². The van der Waals surface area contributed by atoms with E-state index in [1.165, 1.54) is 5.56 Å². The van der Waals surface area contributed by atoms with Crippen LogP contribution in [0.4, 0.5) is 0 Å². The summed E-state index contributed by atoms with van der Waals surface area (Å²) in [6.45, 7) is 3.83. The van der Waals surface area contributed by atoms with Crippen LogP contribution in [-0.4, -0.2) is 40.9 Å². The molecular weight excluding hydrogens is 506 g/mol. The van der Waals surface area contributed by atoms with E-state index < -0.39 is 29.9 Å². The maximum absolute atomic E-state index is 12.8. The second-order valence-corrected chi connectivity index (χ2v) is 10.3. The van der Waals surface area contributed by atoms with Crippen molar-refractivity contribution in [3.8, 4) is 22.3 Å². The third-order valence-electron chi connectivity index (χ3n) is 6.59. The number of carboxylic acids is 1. The van der Waals surface area contributed by atoms with E-state index in [1.54, 1.807) is 0 Å². The van der Waals surface area contributed by atoms with Gasteiger partial charge in [-0.3, -0.25) is 19.2 Å². The van der Waals surface area contributed by atoms with E-state index in [4.69, 9.17) is 10.8 Å². The first-order chi connectivity index (χ1) is 19.1. The number of nitrogens with one attached hydrogen (secondary N) is 2. The molecule has 0 aromatic heterocycles. The van der Waals surface area contributed by atoms with E-state index >= 15 is 0 Å². The molecule has 0 saturated heterocycles. The second kappa shape index (κ2) is 14.6. The third kappa shape index (κ3) is 9.38. The molecule has 0 radical (unpaired) electrons. The maximum atomic E-state index is 12.8. The molecule has 5 N–H and O–H groups in total. The molecule has 8 heteroatoms. The number of primary amides is 1. The summed E-state index contributed by atoms with van der Waals surface area (Å²) < 4.78 is 0. The summed E-state index contributed by atoms with van der Waals surface area (Å²) >= 11 is 0. The number of carbonyl (C=O) groups is 4. The van der Waals surface area contributed by atoms with Gasteiger partial charge in [-0.2, -0.15) is 0 Å². The number of aryl methyl sites for hydroxylation is 1. The first-order valence-electron chi connectivity index (χ1n) is 13.5. The minimum absolute atomic E-state index is 0.0939. The Morgan fingerprint density at radius 2 is 1.25 bits per heavy atom. The highest BCUT2D eigenvalue weighted by Gasteiger charge is 2.26. The number of rotatable bonds is 14. The van der Waals surface area contributed by atoms with Gasteiger partial charge in [0.15, 0.2) is 0 Å². The zero-order chi connectivity index (χ0) is 29.1. The van der Waals surface area contributed by atoms with E-state index in [1.807, 2.05) is 56.3 Å². The topological polar surface area (TPSA) is 139 Å². The average molecular weight is 544 g/mol. The quantitative estimate of drug-likeness (QED) is 0.240. The molecule has 3 aromatic rings. The van der Waals surface area contributed by atoms with Crippen LogP contribution in [0.5, 0.6) is 0 Å². The van der Waals surface area contributed by atoms with Gasteiger partial charge in [-0.15, -0.1) is 0 Å². The van der Waals surface area contributed by atoms with Crippen molar-refractivity contribution in [2.75, 3.05) is 0 Å². The zero-order valence-electron chi connectivity index (χ0n) is 22.9. The SMILES string of the molecule is CC(C)CC(NC(=O)CCc1ccc(-c2ccc(-c3ccccc3)cc2)cc1)C(=O)NC(CCC(=O)O)C(N)=O. The molecule has 3 aromatic carbocycles. The van der Waals surface area contributed by atoms with E-state index in [2.05, 4.69) is 47.0 Å². The highest BCUT2D eigenvalue weighted by Crippen LogP contribution is 2.25. The number of nitrogens with two attached hydrogens (primary N) is 1. The molecule has 0 aliphatic carbocycles. The van der Waals surface area contributed by atoms with E-state index in [9.17, 15) is 19.2 Å². The van der Waals surface area contributed by atoms with Crippen molar-refractivity contribution < 1.29 is 24.3 Å². The molecule has 0 fully saturated rings. The van der Waals surface area contributed by atoms with Crippen molar-refractivity contribution in [1.82, 2.24) is 10.6 Å². The summed E-state index contributed by atoms with van der Waals surface area (Å²) in [6, 6.07) is 24.6. The van der Waals surface area contributed by atoms with E-state index in [0.717, 1.165) is 22.3 Å². The van der Waals surface area contributed by atoms with Gasteiger partial charge in [-0.25, -0.2) is 0 Å². The molecule has 3 rings (SSSR count). The van der Waals surface area contributed by atoms with Gasteiger partial charge >= 0.3 is 5.97 Å². The van der Waals surface area contributed by atoms with Crippen LogP contribution in [0.1, 0.15) is 45.1 Å². The molecule has 0 heterocycles. The molecule has 0 aliphatic heterocycles. The largest absolute Gasteiger partial charge is 0.481 e. The highest BCUT2D eigenvalue weighted by atomic mass is 16.4. The van der Waals surface area contributed by atoms with Gasteiger partial charge < -0.3 is 21.5 Å². The number of hydrogen-bond donors (Lipinski definition) is 4. The van der Waals surface area contributed by atoms with E-state index in [0.29, 0.717) is 12.8 Å². The summed E-state index contributed by atoms with van der Waals surface area (Å²) in [7, 11) is 0. The molecule has 0 saturated carbocycles. The lowest BCUT2D eigenvalue weighted by molar-refractivity contribution is -0.138. The fraction of sp³-hybridized carbons (Fsp3) is 0.312. The van der Waals surface area contributed by atoms with Crippen LogP contribution in [0.3, 0.4) is 0 Å². The van der Waals surface area contributed by atoms with Crippen LogP contribution in [0.25, 0.3) is 22.3 Å². The van der Waals surface area contributed by atoms with Gasteiger partial charge in [0, 0.05) is 12.8 Å². The molecule has 0 bridgehead atoms. The summed E-state index contributed by atoms with van der Waals surface area (Å²) in [5, 5.41) is 14.1. The standard InChI is InChI=1S/C32H37N3O5/c1-21(2)20-28(32(40)35-27(31(33)39)17-19-30(37)38)34-29(36)18-10-22-8-11-24(12-9-22)26-15-13-25(14-16-26)23-6-4-3-5-7-23/h3-9,11-16,21,27-28H,10,17-20H2,1-2H3,(H2,33,39)(H,34,36)(H,35,40)(H,37,38). The highest BCUT2D eigenvalue weighted by molar-refractivity contribution is 5.91. The van der Waals surface area contributed by atoms with Crippen LogP contribution in [-0.2, 0) is 25.6 Å². The molecule has 210 valence electrons. The summed E-state index contributed by atoms with van der Waals surface area (Å²) in [6.07, 6.45) is 0.612. The molecule has 0 spiro atoms. The Morgan fingerprint density at radius 1 is 0.725 bits per heavy atom. The maximum Gasteiger partial charge on any atom is 0.303 e. The van der Waals surface area contributed by atoms with Gasteiger partial charge in [0.25, 0.3) is 0 Å². The lowest BCUT2D eigenvalue weighted by Crippen LogP contribution is -2.53. The second-order valence-electron chi connectivity index (χ2n) is 10.3. The molecule has 3 amide bonds. The van der Waals surface area contributed by atoms with Crippen LogP contribution >= 0.6 is 0 Å². The van der Waals surface area contributed by atoms with Gasteiger partial charge in [-0.05, 0) is 53.0 Å². The molecular formula is C32H37N3O5. The van der Waals surface area contributed by atoms with Gasteiger partial charge in [0.05, 0.1) is 0 Å². The average Bonchev–Trinajstić information content (AvgIpc) is 2.94. The Morgan fingerprint density at radius 3 is 1.75 bits per heavy atom. The lowest BCUT2D eigenvalue weighted by Gasteiger charge is -2.23. The van der Waals surface area contributed by atoms with Crippen LogP contribution in [0, 0.1) is 5.92 Å². The Bertz CT molecular complexity index is 1290. The predicted molar refractivity (Wildman–Crippen MR) is 155 cm³/mol. The summed E-state index contributed by atoms with van der Waals surface area (Å²) in [5.41, 5.74) is 10.8. The van der Waals surface area contributed by atoms with Gasteiger partial charge in [-0.1, -0.05) is 92.7 Å². The number of carboxylic acid groups (broad SMARTS) is 1. The van der Waals surface area contributed by atoms with Crippen LogP contribution in [0.15, 0.2) is 78.9 Å². The molecule has 8 nitrogen and oxygen atoms in total. The first-order valence-corrected chi connectivity index (χ1v) is 13.5. The molecule has 0 aliphatic rings. The predicted octanol–water partition coefficient (Wildman–Crippen LogP) is 4.32. The first kappa shape index (κ1) is 30.1. The minimum Gasteiger partial charge on any atom is -0.481 e. The molecule has 2 unspecified atom stereocenters. The Balaban J connectivity index is 1.56. The van der Waals surface area contributed by atoms with Crippen LogP contribution in [0.2, 0.25) is 0 Å². The van der Waals surface area contributed by atoms with Crippen molar-refractivity contribution in [2.24, 2.45) is 11.7 Å². The fourth-order valence-corrected chi connectivity index (χ4v) is 4.40. The van der Waals surface area contributed by atoms with Gasteiger partial charge in [0.2, 0.25) is 17.7 Å². The van der Waals surface area contributed by atoms with Crippen molar-refractivity contribution in [1.29, 1.82) is 0 Å². The minimum atomic E-state index is -1.12. The summed E-state index contributed by atoms with van der Waals surface area (Å²) in [4.78, 5) is 48.1. The Hall–Kier alpha value is -4.46. The Kier molecular flexibility index (Phi) is 11.0. The number of amides is 3. The van der Waals surface area contributed by atoms with Crippen LogP contribution < -0.4 is 16.4 Å². The fourth-order valence-electron chi connectivity index (χ4n) is 4.40. The summed E-state index contributed by atoms with van der Waals surface area (Å²) in [5.74, 6) is -2.67. The normalized spacial score (nSPS) is 12.4. The zero-order valence-corrected chi connectivity index (χ0v) is 22.9. The molecule has 40 heavy (non-hydrogen) atoms. The number of carbonyl (C=O) groups excluding carboxylic acids is 3. The van der Waals surface area contributed by atoms with Crippen molar-refractivity contribution in [3.05, 3.63) is 84.4 Å². The van der Waals surface area contributed by atoms with Gasteiger partial charge in [0.1, 0.15) is 12.1 Å². The van der Waals surface area contributed by atoms with E-state index in [-0.39, 0.29) is 31.1 Å². The molecule has 2 atom stereocenters. The van der Waals surface area contributed by atoms with Crippen molar-refractivity contribution in [3.63, 3.8) is 0 Å².